The van der Waals surface area contributed by atoms with Crippen molar-refractivity contribution in [2.24, 2.45) is 0 Å². The van der Waals surface area contributed by atoms with Gasteiger partial charge in [0.1, 0.15) is 0 Å². The lowest BCUT2D eigenvalue weighted by atomic mass is 9.98. The van der Waals surface area contributed by atoms with E-state index in [0.717, 1.165) is 25.4 Å². The van der Waals surface area contributed by atoms with E-state index in [2.05, 4.69) is 25.7 Å². The third-order valence-electron chi connectivity index (χ3n) is 4.16. The summed E-state index contributed by atoms with van der Waals surface area (Å²) in [5.74, 6) is -0.763. The molecular formula is C14H31NO5Si. The highest BCUT2D eigenvalue weighted by Gasteiger charge is 2.37. The molecule has 126 valence electrons. The molecule has 21 heavy (non-hydrogen) atoms. The van der Waals surface area contributed by atoms with E-state index in [-0.39, 0.29) is 12.0 Å². The molecule has 0 bridgehead atoms. The minimum atomic E-state index is -2.54. The molecule has 0 aromatic rings. The topological polar surface area (TPSA) is 68.2 Å². The van der Waals surface area contributed by atoms with Gasteiger partial charge < -0.3 is 18.4 Å². The summed E-state index contributed by atoms with van der Waals surface area (Å²) in [6.45, 7) is 7.76. The molecule has 0 aliphatic heterocycles. The molecule has 0 fully saturated rings. The van der Waals surface area contributed by atoms with Crippen molar-refractivity contribution in [1.29, 1.82) is 0 Å². The van der Waals surface area contributed by atoms with E-state index in [9.17, 15) is 4.79 Å². The van der Waals surface area contributed by atoms with Gasteiger partial charge in [0.25, 0.3) is 0 Å². The summed E-state index contributed by atoms with van der Waals surface area (Å²) >= 11 is 0. The van der Waals surface area contributed by atoms with E-state index in [1.165, 1.54) is 0 Å². The summed E-state index contributed by atoms with van der Waals surface area (Å²) in [5, 5.41) is 8.89. The second kappa shape index (κ2) is 9.53. The zero-order valence-electron chi connectivity index (χ0n) is 14.3. The molecule has 6 nitrogen and oxygen atoms in total. The lowest BCUT2D eigenvalue weighted by molar-refractivity contribution is -0.137. The number of rotatable bonds is 12. The largest absolute Gasteiger partial charge is 0.500 e. The first-order valence-corrected chi connectivity index (χ1v) is 9.32. The van der Waals surface area contributed by atoms with Gasteiger partial charge in [0, 0.05) is 39.5 Å². The van der Waals surface area contributed by atoms with E-state index in [1.54, 1.807) is 21.3 Å². The molecule has 0 radical (unpaired) electrons. The number of nitrogens with zero attached hydrogens (tertiary/aromatic N) is 1. The molecule has 0 spiro atoms. The summed E-state index contributed by atoms with van der Waals surface area (Å²) in [6, 6.07) is 0.722. The van der Waals surface area contributed by atoms with Crippen LogP contribution in [-0.2, 0) is 18.1 Å². The van der Waals surface area contributed by atoms with E-state index in [0.29, 0.717) is 6.54 Å². The van der Waals surface area contributed by atoms with E-state index >= 15 is 0 Å². The van der Waals surface area contributed by atoms with Crippen LogP contribution in [0.15, 0.2) is 0 Å². The first kappa shape index (κ1) is 20.5. The van der Waals surface area contributed by atoms with Gasteiger partial charge in [-0.3, -0.25) is 9.69 Å². The quantitative estimate of drug-likeness (QED) is 0.556. The van der Waals surface area contributed by atoms with Gasteiger partial charge in [-0.2, -0.15) is 0 Å². The smallest absolute Gasteiger partial charge is 0.481 e. The normalized spacial score (nSPS) is 12.9. The summed E-state index contributed by atoms with van der Waals surface area (Å²) in [5.41, 5.74) is -0.0210. The lowest BCUT2D eigenvalue weighted by Gasteiger charge is -2.38. The van der Waals surface area contributed by atoms with Crippen LogP contribution in [0.5, 0.6) is 0 Å². The number of carbonyl (C=O) groups is 1. The van der Waals surface area contributed by atoms with Crippen LogP contribution in [0.1, 0.15) is 40.0 Å². The second-order valence-corrected chi connectivity index (χ2v) is 8.79. The SMILES string of the molecule is CCC(C)(C)N(CCC[Si](OC)(OC)OC)CCC(=O)O. The van der Waals surface area contributed by atoms with Crippen molar-refractivity contribution >= 4 is 14.8 Å². The zero-order valence-corrected chi connectivity index (χ0v) is 15.3. The Kier molecular flexibility index (Phi) is 9.31. The van der Waals surface area contributed by atoms with Crippen LogP contribution in [0.3, 0.4) is 0 Å². The fourth-order valence-corrected chi connectivity index (χ4v) is 3.92. The Labute approximate surface area is 129 Å². The highest BCUT2D eigenvalue weighted by molar-refractivity contribution is 6.60. The predicted octanol–water partition coefficient (Wildman–Crippen LogP) is 2.22. The molecule has 7 heteroatoms. The van der Waals surface area contributed by atoms with Gasteiger partial charge >= 0.3 is 14.8 Å². The van der Waals surface area contributed by atoms with Crippen molar-refractivity contribution in [3.63, 3.8) is 0 Å². The van der Waals surface area contributed by atoms with Crippen LogP contribution in [-0.4, -0.2) is 64.7 Å². The van der Waals surface area contributed by atoms with Crippen molar-refractivity contribution < 1.29 is 23.2 Å². The number of aliphatic carboxylic acids is 1. The third kappa shape index (κ3) is 6.88. The maximum atomic E-state index is 10.8. The highest BCUT2D eigenvalue weighted by Crippen LogP contribution is 2.22. The molecule has 0 amide bonds. The Morgan fingerprint density at radius 2 is 1.67 bits per heavy atom. The average molecular weight is 321 g/mol. The minimum absolute atomic E-state index is 0.0210. The van der Waals surface area contributed by atoms with Crippen LogP contribution in [0.25, 0.3) is 0 Å². The van der Waals surface area contributed by atoms with Gasteiger partial charge in [-0.05, 0) is 33.2 Å². The Hall–Kier alpha value is -0.473. The maximum absolute atomic E-state index is 10.8. The van der Waals surface area contributed by atoms with Crippen molar-refractivity contribution in [2.45, 2.75) is 51.6 Å². The monoisotopic (exact) mass is 321 g/mol. The first-order valence-electron chi connectivity index (χ1n) is 7.39. The number of hydrogen-bond donors (Lipinski definition) is 1. The van der Waals surface area contributed by atoms with Gasteiger partial charge in [0.05, 0.1) is 6.42 Å². The molecule has 1 N–H and O–H groups in total. The molecule has 0 saturated carbocycles. The number of carboxylic acid groups (broad SMARTS) is 1. The predicted molar refractivity (Wildman–Crippen MR) is 84.4 cm³/mol. The Morgan fingerprint density at radius 3 is 2.05 bits per heavy atom. The van der Waals surface area contributed by atoms with Gasteiger partial charge in [-0.25, -0.2) is 0 Å². The van der Waals surface area contributed by atoms with Crippen molar-refractivity contribution in [3.05, 3.63) is 0 Å². The summed E-state index contributed by atoms with van der Waals surface area (Å²) in [6.07, 6.45) is 1.98. The van der Waals surface area contributed by atoms with Crippen LogP contribution in [0, 0.1) is 0 Å². The van der Waals surface area contributed by atoms with E-state index in [4.69, 9.17) is 18.4 Å². The highest BCUT2D eigenvalue weighted by atomic mass is 28.4. The fourth-order valence-electron chi connectivity index (χ4n) is 2.21. The van der Waals surface area contributed by atoms with Crippen LogP contribution in [0.4, 0.5) is 0 Å². The van der Waals surface area contributed by atoms with Gasteiger partial charge in [-0.15, -0.1) is 0 Å². The Balaban J connectivity index is 4.58. The van der Waals surface area contributed by atoms with E-state index < -0.39 is 14.8 Å². The molecule has 0 heterocycles. The van der Waals surface area contributed by atoms with Gasteiger partial charge in [-0.1, -0.05) is 6.92 Å². The molecule has 0 aliphatic rings. The lowest BCUT2D eigenvalue weighted by Crippen LogP contribution is -2.47. The summed E-state index contributed by atoms with van der Waals surface area (Å²) in [4.78, 5) is 13.0. The molecule has 0 unspecified atom stereocenters. The van der Waals surface area contributed by atoms with Crippen LogP contribution in [0.2, 0.25) is 6.04 Å². The molecule has 0 atom stereocenters. The summed E-state index contributed by atoms with van der Waals surface area (Å²) < 4.78 is 16.2. The molecule has 0 aliphatic carbocycles. The van der Waals surface area contributed by atoms with Crippen molar-refractivity contribution in [1.82, 2.24) is 4.90 Å². The maximum Gasteiger partial charge on any atom is 0.500 e. The first-order chi connectivity index (χ1) is 9.76. The standard InChI is InChI=1S/C14H31NO5Si/c1-7-14(2,3)15(11-9-13(16)17)10-8-12-21(18-4,19-5)20-6/h7-12H2,1-6H3,(H,16,17). The van der Waals surface area contributed by atoms with Crippen molar-refractivity contribution in [2.75, 3.05) is 34.4 Å². The summed E-state index contributed by atoms with van der Waals surface area (Å²) in [7, 11) is 2.28. The van der Waals surface area contributed by atoms with Gasteiger partial charge in [0.15, 0.2) is 0 Å². The van der Waals surface area contributed by atoms with Crippen LogP contribution < -0.4 is 0 Å². The zero-order chi connectivity index (χ0) is 16.5. The molecule has 0 aromatic carbocycles. The average Bonchev–Trinajstić information content (AvgIpc) is 2.47. The Bertz CT molecular complexity index is 299. The second-order valence-electron chi connectivity index (χ2n) is 5.70. The molecular weight excluding hydrogens is 290 g/mol. The van der Waals surface area contributed by atoms with Gasteiger partial charge in [0.2, 0.25) is 0 Å². The van der Waals surface area contributed by atoms with Crippen LogP contribution >= 0.6 is 0 Å². The van der Waals surface area contributed by atoms with Crippen molar-refractivity contribution in [3.8, 4) is 0 Å². The molecule has 0 rings (SSSR count). The fraction of sp³-hybridized carbons (Fsp3) is 0.929. The third-order valence-corrected chi connectivity index (χ3v) is 6.99. The Morgan fingerprint density at radius 1 is 1.14 bits per heavy atom. The molecule has 0 saturated heterocycles. The molecule has 0 aromatic heterocycles. The minimum Gasteiger partial charge on any atom is -0.481 e. The van der Waals surface area contributed by atoms with E-state index in [1.807, 2.05) is 0 Å². The number of carboxylic acids is 1. The number of hydrogen-bond acceptors (Lipinski definition) is 5.